The first-order valence-corrected chi connectivity index (χ1v) is 6.64. The highest BCUT2D eigenvalue weighted by Crippen LogP contribution is 2.26. The molecular weight excluding hydrogens is 184 g/mol. The van der Waals surface area contributed by atoms with Crippen LogP contribution in [0.1, 0.15) is 45.4 Å². The topological polar surface area (TPSA) is 15.3 Å². The van der Waals surface area contributed by atoms with Crippen LogP contribution in [0.25, 0.3) is 0 Å². The average Bonchev–Trinajstić information content (AvgIpc) is 2.31. The lowest BCUT2D eigenvalue weighted by molar-refractivity contribution is 0.209. The van der Waals surface area contributed by atoms with Gasteiger partial charge in [-0.05, 0) is 71.1 Å². The third-order valence-electron chi connectivity index (χ3n) is 3.94. The van der Waals surface area contributed by atoms with Crippen LogP contribution >= 0.6 is 0 Å². The molecule has 0 aromatic carbocycles. The van der Waals surface area contributed by atoms with Gasteiger partial charge in [0.25, 0.3) is 0 Å². The molecule has 1 radical (unpaired) electrons. The number of piperidine rings is 2. The number of likely N-dealkylation sites (tertiary alicyclic amines) is 1. The molecule has 0 spiro atoms. The van der Waals surface area contributed by atoms with Gasteiger partial charge in [0.2, 0.25) is 0 Å². The quantitative estimate of drug-likeness (QED) is 0.768. The first-order valence-electron chi connectivity index (χ1n) is 6.64. The zero-order chi connectivity index (χ0) is 10.5. The lowest BCUT2D eigenvalue weighted by Gasteiger charge is -2.34. The molecule has 2 heterocycles. The minimum Gasteiger partial charge on any atom is -0.317 e. The van der Waals surface area contributed by atoms with E-state index in [0.717, 1.165) is 5.92 Å². The summed E-state index contributed by atoms with van der Waals surface area (Å²) in [5, 5.41) is 3.44. The Balaban J connectivity index is 1.72. The van der Waals surface area contributed by atoms with Gasteiger partial charge in [-0.1, -0.05) is 6.42 Å². The highest BCUT2D eigenvalue weighted by molar-refractivity contribution is 4.89. The molecule has 0 saturated carbocycles. The van der Waals surface area contributed by atoms with E-state index in [-0.39, 0.29) is 0 Å². The molecule has 0 unspecified atom stereocenters. The van der Waals surface area contributed by atoms with Gasteiger partial charge in [0.05, 0.1) is 0 Å². The molecule has 2 nitrogen and oxygen atoms in total. The van der Waals surface area contributed by atoms with E-state index in [1.807, 2.05) is 0 Å². The molecule has 0 amide bonds. The lowest BCUT2D eigenvalue weighted by atomic mass is 9.90. The molecule has 2 aliphatic heterocycles. The normalized spacial score (nSPS) is 26.0. The Morgan fingerprint density at radius 1 is 1.13 bits per heavy atom. The van der Waals surface area contributed by atoms with Crippen molar-refractivity contribution in [1.82, 2.24) is 10.2 Å². The van der Waals surface area contributed by atoms with Crippen LogP contribution in [0.4, 0.5) is 0 Å². The number of hydrogen-bond donors (Lipinski definition) is 1. The molecule has 2 aliphatic rings. The second-order valence-electron chi connectivity index (χ2n) is 5.18. The van der Waals surface area contributed by atoms with E-state index >= 15 is 0 Å². The second kappa shape index (κ2) is 5.86. The fourth-order valence-corrected chi connectivity index (χ4v) is 2.91. The second-order valence-corrected chi connectivity index (χ2v) is 5.18. The molecule has 87 valence electrons. The van der Waals surface area contributed by atoms with Crippen LogP contribution in [0, 0.1) is 12.0 Å². The van der Waals surface area contributed by atoms with Gasteiger partial charge in [0, 0.05) is 6.04 Å². The number of rotatable bonds is 3. The molecule has 0 bridgehead atoms. The van der Waals surface area contributed by atoms with E-state index < -0.39 is 0 Å². The summed E-state index contributed by atoms with van der Waals surface area (Å²) >= 11 is 0. The molecule has 2 saturated heterocycles. The van der Waals surface area contributed by atoms with Crippen LogP contribution in [0.2, 0.25) is 0 Å². The Morgan fingerprint density at radius 3 is 2.47 bits per heavy atom. The van der Waals surface area contributed by atoms with Gasteiger partial charge in [-0.25, -0.2) is 0 Å². The highest BCUT2D eigenvalue weighted by atomic mass is 15.1. The summed E-state index contributed by atoms with van der Waals surface area (Å²) in [5.74, 6) is 0.952. The summed E-state index contributed by atoms with van der Waals surface area (Å²) in [5.41, 5.74) is 0. The average molecular weight is 209 g/mol. The summed E-state index contributed by atoms with van der Waals surface area (Å²) < 4.78 is 0. The van der Waals surface area contributed by atoms with Crippen molar-refractivity contribution in [3.8, 4) is 0 Å². The highest BCUT2D eigenvalue weighted by Gasteiger charge is 2.22. The van der Waals surface area contributed by atoms with Crippen LogP contribution in [0.3, 0.4) is 0 Å². The van der Waals surface area contributed by atoms with Crippen molar-refractivity contribution in [3.63, 3.8) is 0 Å². The van der Waals surface area contributed by atoms with Gasteiger partial charge in [-0.2, -0.15) is 0 Å². The van der Waals surface area contributed by atoms with Gasteiger partial charge in [-0.3, -0.25) is 4.90 Å². The Labute approximate surface area is 94.4 Å². The summed E-state index contributed by atoms with van der Waals surface area (Å²) in [7, 11) is 0. The van der Waals surface area contributed by atoms with E-state index in [2.05, 4.69) is 17.1 Å². The third kappa shape index (κ3) is 3.46. The lowest BCUT2D eigenvalue weighted by Crippen LogP contribution is -2.35. The Hall–Kier alpha value is -0.0800. The van der Waals surface area contributed by atoms with E-state index in [4.69, 9.17) is 0 Å². The van der Waals surface area contributed by atoms with E-state index in [9.17, 15) is 0 Å². The van der Waals surface area contributed by atoms with Crippen LogP contribution in [0.15, 0.2) is 0 Å². The van der Waals surface area contributed by atoms with Crippen LogP contribution < -0.4 is 5.32 Å². The summed E-state index contributed by atoms with van der Waals surface area (Å²) in [4.78, 5) is 2.63. The van der Waals surface area contributed by atoms with Gasteiger partial charge in [0.15, 0.2) is 0 Å². The summed E-state index contributed by atoms with van der Waals surface area (Å²) in [6, 6.07) is 1.65. The van der Waals surface area contributed by atoms with Crippen LogP contribution in [-0.4, -0.2) is 31.1 Å². The van der Waals surface area contributed by atoms with Gasteiger partial charge in [-0.15, -0.1) is 0 Å². The Morgan fingerprint density at radius 2 is 1.80 bits per heavy atom. The zero-order valence-electron chi connectivity index (χ0n) is 10.1. The minimum atomic E-state index is 0.952. The first-order chi connectivity index (χ1) is 7.36. The Kier molecular flexibility index (Phi) is 4.45. The molecule has 0 aliphatic carbocycles. The van der Waals surface area contributed by atoms with Crippen molar-refractivity contribution in [2.45, 2.75) is 45.4 Å². The predicted octanol–water partition coefficient (Wildman–Crippen LogP) is 2.41. The number of nitrogens with zero attached hydrogens (tertiary/aromatic N) is 1. The SMILES string of the molecule is C[C](CC1CCNCC1)N1CCCCC1. The van der Waals surface area contributed by atoms with E-state index in [0.29, 0.717) is 0 Å². The smallest absolute Gasteiger partial charge is 0.0365 e. The van der Waals surface area contributed by atoms with Gasteiger partial charge < -0.3 is 5.32 Å². The van der Waals surface area contributed by atoms with Crippen molar-refractivity contribution < 1.29 is 0 Å². The minimum absolute atomic E-state index is 0.952. The maximum absolute atomic E-state index is 3.44. The van der Waals surface area contributed by atoms with Gasteiger partial charge in [0.1, 0.15) is 0 Å². The maximum atomic E-state index is 3.44. The molecule has 0 aromatic heterocycles. The zero-order valence-corrected chi connectivity index (χ0v) is 10.1. The molecule has 1 N–H and O–H groups in total. The maximum Gasteiger partial charge on any atom is 0.0365 e. The van der Waals surface area contributed by atoms with Crippen molar-refractivity contribution in [3.05, 3.63) is 6.04 Å². The Bertz CT molecular complexity index is 169. The molecule has 2 heteroatoms. The van der Waals surface area contributed by atoms with Crippen LogP contribution in [0.5, 0.6) is 0 Å². The standard InChI is InChI=1S/C13H25N2/c1-12(15-9-3-2-4-10-15)11-13-5-7-14-8-6-13/h13-14H,2-11H2,1H3. The molecule has 15 heavy (non-hydrogen) atoms. The van der Waals surface area contributed by atoms with E-state index in [1.54, 1.807) is 6.04 Å². The van der Waals surface area contributed by atoms with Crippen molar-refractivity contribution in [2.75, 3.05) is 26.2 Å². The monoisotopic (exact) mass is 209 g/mol. The van der Waals surface area contributed by atoms with Crippen molar-refractivity contribution in [2.24, 2.45) is 5.92 Å². The fraction of sp³-hybridized carbons (Fsp3) is 0.923. The summed E-state index contributed by atoms with van der Waals surface area (Å²) in [6.45, 7) is 7.46. The molecule has 2 fully saturated rings. The van der Waals surface area contributed by atoms with E-state index in [1.165, 1.54) is 64.7 Å². The fourth-order valence-electron chi connectivity index (χ4n) is 2.91. The van der Waals surface area contributed by atoms with Crippen LogP contribution in [-0.2, 0) is 0 Å². The number of nitrogens with one attached hydrogen (secondary N) is 1. The molecule has 0 atom stereocenters. The van der Waals surface area contributed by atoms with Crippen molar-refractivity contribution >= 4 is 0 Å². The van der Waals surface area contributed by atoms with Crippen molar-refractivity contribution in [1.29, 1.82) is 0 Å². The largest absolute Gasteiger partial charge is 0.317 e. The molecular formula is C13H25N2. The predicted molar refractivity (Wildman–Crippen MR) is 64.6 cm³/mol. The molecule has 0 aromatic rings. The third-order valence-corrected chi connectivity index (χ3v) is 3.94. The molecule has 2 rings (SSSR count). The first kappa shape index (κ1) is 11.4. The van der Waals surface area contributed by atoms with Gasteiger partial charge >= 0.3 is 0 Å². The number of hydrogen-bond acceptors (Lipinski definition) is 2. The summed E-state index contributed by atoms with van der Waals surface area (Å²) in [6.07, 6.45) is 8.36.